The SMILES string of the molecule is CNc1ccc(C(=O)N(C)c2ccc(C)cc2C)cc1. The summed E-state index contributed by atoms with van der Waals surface area (Å²) in [5.74, 6) is -0.000365. The largest absolute Gasteiger partial charge is 0.388 e. The van der Waals surface area contributed by atoms with Gasteiger partial charge in [-0.2, -0.15) is 0 Å². The van der Waals surface area contributed by atoms with Gasteiger partial charge in [0.15, 0.2) is 0 Å². The van der Waals surface area contributed by atoms with Crippen LogP contribution in [0, 0.1) is 13.8 Å². The molecule has 0 saturated heterocycles. The van der Waals surface area contributed by atoms with Gasteiger partial charge in [0, 0.05) is 31.0 Å². The Morgan fingerprint density at radius 3 is 2.25 bits per heavy atom. The van der Waals surface area contributed by atoms with Crippen molar-refractivity contribution in [3.63, 3.8) is 0 Å². The van der Waals surface area contributed by atoms with E-state index in [1.165, 1.54) is 5.56 Å². The van der Waals surface area contributed by atoms with Crippen molar-refractivity contribution in [1.82, 2.24) is 0 Å². The highest BCUT2D eigenvalue weighted by atomic mass is 16.2. The lowest BCUT2D eigenvalue weighted by molar-refractivity contribution is 0.0993. The summed E-state index contributed by atoms with van der Waals surface area (Å²) in [7, 11) is 3.67. The van der Waals surface area contributed by atoms with Crippen LogP contribution in [-0.4, -0.2) is 20.0 Å². The zero-order valence-corrected chi connectivity index (χ0v) is 12.4. The van der Waals surface area contributed by atoms with E-state index in [1.807, 2.05) is 57.4 Å². The number of hydrogen-bond acceptors (Lipinski definition) is 2. The van der Waals surface area contributed by atoms with Crippen LogP contribution in [0.4, 0.5) is 11.4 Å². The molecule has 0 bridgehead atoms. The summed E-state index contributed by atoms with van der Waals surface area (Å²) < 4.78 is 0. The number of carbonyl (C=O) groups excluding carboxylic acids is 1. The molecule has 2 aromatic rings. The van der Waals surface area contributed by atoms with Crippen LogP contribution in [0.1, 0.15) is 21.5 Å². The van der Waals surface area contributed by atoms with E-state index in [1.54, 1.807) is 4.90 Å². The lowest BCUT2D eigenvalue weighted by Gasteiger charge is -2.20. The van der Waals surface area contributed by atoms with Crippen LogP contribution in [0.3, 0.4) is 0 Å². The van der Waals surface area contributed by atoms with E-state index >= 15 is 0 Å². The first kappa shape index (κ1) is 14.1. The highest BCUT2D eigenvalue weighted by molar-refractivity contribution is 6.06. The molecule has 0 unspecified atom stereocenters. The molecular weight excluding hydrogens is 248 g/mol. The summed E-state index contributed by atoms with van der Waals surface area (Å²) in [6.07, 6.45) is 0. The number of hydrogen-bond donors (Lipinski definition) is 1. The van der Waals surface area contributed by atoms with E-state index in [2.05, 4.69) is 18.3 Å². The average molecular weight is 268 g/mol. The summed E-state index contributed by atoms with van der Waals surface area (Å²) in [5.41, 5.74) is 4.93. The van der Waals surface area contributed by atoms with E-state index in [0.717, 1.165) is 16.9 Å². The average Bonchev–Trinajstić information content (AvgIpc) is 2.46. The van der Waals surface area contributed by atoms with Crippen LogP contribution in [0.2, 0.25) is 0 Å². The molecule has 104 valence electrons. The number of amides is 1. The second-order valence-corrected chi connectivity index (χ2v) is 4.98. The van der Waals surface area contributed by atoms with Crippen molar-refractivity contribution in [2.75, 3.05) is 24.3 Å². The molecule has 2 rings (SSSR count). The third-order valence-electron chi connectivity index (χ3n) is 3.44. The zero-order valence-electron chi connectivity index (χ0n) is 12.4. The van der Waals surface area contributed by atoms with Gasteiger partial charge in [0.25, 0.3) is 5.91 Å². The van der Waals surface area contributed by atoms with Crippen molar-refractivity contribution in [1.29, 1.82) is 0 Å². The lowest BCUT2D eigenvalue weighted by Crippen LogP contribution is -2.26. The predicted octanol–water partition coefficient (Wildman–Crippen LogP) is 3.62. The second kappa shape index (κ2) is 5.78. The first-order chi connectivity index (χ1) is 9.52. The van der Waals surface area contributed by atoms with E-state index in [0.29, 0.717) is 5.56 Å². The maximum absolute atomic E-state index is 12.5. The first-order valence-electron chi connectivity index (χ1n) is 6.66. The zero-order chi connectivity index (χ0) is 14.7. The Hall–Kier alpha value is -2.29. The third-order valence-corrected chi connectivity index (χ3v) is 3.44. The van der Waals surface area contributed by atoms with Crippen LogP contribution < -0.4 is 10.2 Å². The van der Waals surface area contributed by atoms with Crippen LogP contribution in [-0.2, 0) is 0 Å². The van der Waals surface area contributed by atoms with Crippen molar-refractivity contribution in [3.8, 4) is 0 Å². The molecule has 0 radical (unpaired) electrons. The van der Waals surface area contributed by atoms with E-state index in [4.69, 9.17) is 0 Å². The number of carbonyl (C=O) groups is 1. The maximum Gasteiger partial charge on any atom is 0.258 e. The second-order valence-electron chi connectivity index (χ2n) is 4.98. The van der Waals surface area contributed by atoms with Crippen molar-refractivity contribution in [3.05, 3.63) is 59.2 Å². The normalized spacial score (nSPS) is 10.2. The fourth-order valence-electron chi connectivity index (χ4n) is 2.26. The maximum atomic E-state index is 12.5. The molecule has 0 fully saturated rings. The fourth-order valence-corrected chi connectivity index (χ4v) is 2.26. The van der Waals surface area contributed by atoms with Crippen molar-refractivity contribution >= 4 is 17.3 Å². The molecule has 0 aliphatic heterocycles. The molecule has 0 saturated carbocycles. The van der Waals surface area contributed by atoms with Gasteiger partial charge in [-0.3, -0.25) is 4.79 Å². The Morgan fingerprint density at radius 2 is 1.70 bits per heavy atom. The quantitative estimate of drug-likeness (QED) is 0.922. The minimum atomic E-state index is -0.000365. The molecule has 0 aliphatic rings. The number of anilines is 2. The predicted molar refractivity (Wildman–Crippen MR) is 84.6 cm³/mol. The first-order valence-corrected chi connectivity index (χ1v) is 6.66. The molecule has 0 aliphatic carbocycles. The Labute approximate surface area is 120 Å². The van der Waals surface area contributed by atoms with Crippen molar-refractivity contribution < 1.29 is 4.79 Å². The number of nitrogens with zero attached hydrogens (tertiary/aromatic N) is 1. The third kappa shape index (κ3) is 2.82. The standard InChI is InChI=1S/C17H20N2O/c1-12-5-10-16(13(2)11-12)19(4)17(20)14-6-8-15(18-3)9-7-14/h5-11,18H,1-4H3. The number of benzene rings is 2. The van der Waals surface area contributed by atoms with Crippen LogP contribution in [0.15, 0.2) is 42.5 Å². The number of nitrogens with one attached hydrogen (secondary N) is 1. The molecule has 0 aromatic heterocycles. The van der Waals surface area contributed by atoms with E-state index < -0.39 is 0 Å². The van der Waals surface area contributed by atoms with Crippen LogP contribution in [0.5, 0.6) is 0 Å². The van der Waals surface area contributed by atoms with Gasteiger partial charge >= 0.3 is 0 Å². The van der Waals surface area contributed by atoms with Gasteiger partial charge in [-0.05, 0) is 49.7 Å². The molecular formula is C17H20N2O. The topological polar surface area (TPSA) is 32.3 Å². The molecule has 2 aromatic carbocycles. The molecule has 0 heterocycles. The Balaban J connectivity index is 2.27. The monoisotopic (exact) mass is 268 g/mol. The summed E-state index contributed by atoms with van der Waals surface area (Å²) in [4.78, 5) is 14.2. The molecule has 1 amide bonds. The van der Waals surface area contributed by atoms with Gasteiger partial charge in [0.1, 0.15) is 0 Å². The highest BCUT2D eigenvalue weighted by Crippen LogP contribution is 2.22. The van der Waals surface area contributed by atoms with Gasteiger partial charge in [-0.15, -0.1) is 0 Å². The minimum absolute atomic E-state index is 0.000365. The molecule has 0 spiro atoms. The Morgan fingerprint density at radius 1 is 1.05 bits per heavy atom. The van der Waals surface area contributed by atoms with Gasteiger partial charge in [0.2, 0.25) is 0 Å². The summed E-state index contributed by atoms with van der Waals surface area (Å²) in [6.45, 7) is 4.07. The molecule has 20 heavy (non-hydrogen) atoms. The summed E-state index contributed by atoms with van der Waals surface area (Å²) in [6, 6.07) is 13.6. The minimum Gasteiger partial charge on any atom is -0.388 e. The van der Waals surface area contributed by atoms with Crippen molar-refractivity contribution in [2.24, 2.45) is 0 Å². The summed E-state index contributed by atoms with van der Waals surface area (Å²) in [5, 5.41) is 3.04. The van der Waals surface area contributed by atoms with Crippen LogP contribution >= 0.6 is 0 Å². The molecule has 3 nitrogen and oxygen atoms in total. The number of rotatable bonds is 3. The van der Waals surface area contributed by atoms with Gasteiger partial charge < -0.3 is 10.2 Å². The molecule has 1 N–H and O–H groups in total. The molecule has 3 heteroatoms. The summed E-state index contributed by atoms with van der Waals surface area (Å²) >= 11 is 0. The van der Waals surface area contributed by atoms with Crippen LogP contribution in [0.25, 0.3) is 0 Å². The fraction of sp³-hybridized carbons (Fsp3) is 0.235. The number of aryl methyl sites for hydroxylation is 2. The molecule has 0 atom stereocenters. The Bertz CT molecular complexity index is 617. The van der Waals surface area contributed by atoms with Gasteiger partial charge in [0.05, 0.1) is 0 Å². The van der Waals surface area contributed by atoms with Gasteiger partial charge in [-0.25, -0.2) is 0 Å². The van der Waals surface area contributed by atoms with E-state index in [9.17, 15) is 4.79 Å². The van der Waals surface area contributed by atoms with Gasteiger partial charge in [-0.1, -0.05) is 17.7 Å². The van der Waals surface area contributed by atoms with E-state index in [-0.39, 0.29) is 5.91 Å². The Kier molecular flexibility index (Phi) is 4.08. The lowest BCUT2D eigenvalue weighted by atomic mass is 10.1. The van der Waals surface area contributed by atoms with Crippen molar-refractivity contribution in [2.45, 2.75) is 13.8 Å². The highest BCUT2D eigenvalue weighted by Gasteiger charge is 2.14. The smallest absolute Gasteiger partial charge is 0.258 e.